The number of nitrogens with zero attached hydrogens (tertiary/aromatic N) is 1. The lowest BCUT2D eigenvalue weighted by atomic mass is 9.93. The number of carbonyl (C=O) groups excluding carboxylic acids is 1. The lowest BCUT2D eigenvalue weighted by molar-refractivity contribution is -0.118. The molecule has 1 amide bonds. The molecule has 0 atom stereocenters. The molecule has 7 heteroatoms. The SMILES string of the molecule is CC(=O)NCCCOc1cccc(-c2cccc(-c3nc4c(s3)CNCC4)c2C)c1C.Cl. The standard InChI is InChI=1S/C25H29N3O2S.ClH/c1-16-19(7-4-9-21(16)25-28-22-11-13-26-15-24(22)31-25)20-8-5-10-23(17(20)2)30-14-6-12-27-18(3)29;/h4-5,7-10,26H,6,11-15H2,1-3H3,(H,27,29);1H. The highest BCUT2D eigenvalue weighted by Crippen LogP contribution is 2.38. The second kappa shape index (κ2) is 10.9. The van der Waals surface area contributed by atoms with Gasteiger partial charge in [0, 0.05) is 43.4 Å². The summed E-state index contributed by atoms with van der Waals surface area (Å²) < 4.78 is 6.02. The quantitative estimate of drug-likeness (QED) is 0.472. The number of benzene rings is 2. The minimum Gasteiger partial charge on any atom is -0.493 e. The smallest absolute Gasteiger partial charge is 0.216 e. The number of thiazole rings is 1. The molecular weight excluding hydrogens is 442 g/mol. The fourth-order valence-electron chi connectivity index (χ4n) is 3.98. The average Bonchev–Trinajstić information content (AvgIpc) is 3.19. The van der Waals surface area contributed by atoms with E-state index in [-0.39, 0.29) is 18.3 Å². The third-order valence-electron chi connectivity index (χ3n) is 5.69. The maximum absolute atomic E-state index is 11.0. The van der Waals surface area contributed by atoms with E-state index < -0.39 is 0 Å². The Morgan fingerprint density at radius 1 is 1.12 bits per heavy atom. The van der Waals surface area contributed by atoms with Gasteiger partial charge in [-0.15, -0.1) is 23.7 Å². The molecule has 5 nitrogen and oxygen atoms in total. The van der Waals surface area contributed by atoms with Gasteiger partial charge in [0.15, 0.2) is 0 Å². The van der Waals surface area contributed by atoms with Crippen LogP contribution in [-0.2, 0) is 17.8 Å². The van der Waals surface area contributed by atoms with E-state index in [4.69, 9.17) is 9.72 Å². The Morgan fingerprint density at radius 3 is 2.59 bits per heavy atom. The van der Waals surface area contributed by atoms with Crippen molar-refractivity contribution in [1.82, 2.24) is 15.6 Å². The van der Waals surface area contributed by atoms with Gasteiger partial charge in [-0.05, 0) is 48.6 Å². The lowest BCUT2D eigenvalue weighted by Crippen LogP contribution is -2.22. The molecule has 1 aliphatic heterocycles. The van der Waals surface area contributed by atoms with Crippen LogP contribution in [0.1, 0.15) is 35.0 Å². The molecule has 0 radical (unpaired) electrons. The van der Waals surface area contributed by atoms with Crippen LogP contribution in [0.3, 0.4) is 0 Å². The number of amides is 1. The largest absolute Gasteiger partial charge is 0.493 e. The molecule has 4 rings (SSSR count). The fourth-order valence-corrected chi connectivity index (χ4v) is 5.14. The first kappa shape index (κ1) is 24.2. The number of ether oxygens (including phenoxy) is 1. The van der Waals surface area contributed by atoms with Crippen LogP contribution in [0, 0.1) is 13.8 Å². The van der Waals surface area contributed by atoms with Crippen LogP contribution in [0.4, 0.5) is 0 Å². The van der Waals surface area contributed by atoms with Crippen molar-refractivity contribution in [3.63, 3.8) is 0 Å². The first-order chi connectivity index (χ1) is 15.0. The Labute approximate surface area is 200 Å². The van der Waals surface area contributed by atoms with Crippen LogP contribution in [0.2, 0.25) is 0 Å². The van der Waals surface area contributed by atoms with E-state index in [9.17, 15) is 4.79 Å². The molecule has 170 valence electrons. The maximum atomic E-state index is 11.0. The Morgan fingerprint density at radius 2 is 1.84 bits per heavy atom. The van der Waals surface area contributed by atoms with Gasteiger partial charge in [-0.1, -0.05) is 30.3 Å². The van der Waals surface area contributed by atoms with Gasteiger partial charge in [0.25, 0.3) is 0 Å². The van der Waals surface area contributed by atoms with Crippen LogP contribution < -0.4 is 15.4 Å². The van der Waals surface area contributed by atoms with Gasteiger partial charge in [0.2, 0.25) is 5.91 Å². The second-order valence-corrected chi connectivity index (χ2v) is 8.99. The molecule has 0 saturated heterocycles. The van der Waals surface area contributed by atoms with Crippen LogP contribution in [0.15, 0.2) is 36.4 Å². The zero-order chi connectivity index (χ0) is 21.8. The predicted octanol–water partition coefficient (Wildman–Crippen LogP) is 5.07. The first-order valence-corrected chi connectivity index (χ1v) is 11.6. The molecule has 0 aliphatic carbocycles. The van der Waals surface area contributed by atoms with E-state index in [2.05, 4.69) is 48.7 Å². The van der Waals surface area contributed by atoms with Crippen molar-refractivity contribution >= 4 is 29.7 Å². The molecule has 3 aromatic rings. The van der Waals surface area contributed by atoms with E-state index in [1.165, 1.54) is 39.7 Å². The van der Waals surface area contributed by atoms with Crippen molar-refractivity contribution in [3.8, 4) is 27.4 Å². The predicted molar refractivity (Wildman–Crippen MR) is 134 cm³/mol. The van der Waals surface area contributed by atoms with Gasteiger partial charge < -0.3 is 15.4 Å². The van der Waals surface area contributed by atoms with E-state index in [1.807, 2.05) is 12.1 Å². The summed E-state index contributed by atoms with van der Waals surface area (Å²) in [5, 5.41) is 7.35. The number of fused-ring (bicyclic) bond motifs is 1. The molecule has 2 heterocycles. The number of hydrogen-bond acceptors (Lipinski definition) is 5. The Balaban J connectivity index is 0.00000289. The number of rotatable bonds is 7. The van der Waals surface area contributed by atoms with Crippen LogP contribution in [0.5, 0.6) is 5.75 Å². The summed E-state index contributed by atoms with van der Waals surface area (Å²) in [5.41, 5.74) is 7.22. The summed E-state index contributed by atoms with van der Waals surface area (Å²) in [6.45, 7) is 8.95. The third-order valence-corrected chi connectivity index (χ3v) is 6.82. The highest BCUT2D eigenvalue weighted by Gasteiger charge is 2.18. The van der Waals surface area contributed by atoms with Crippen molar-refractivity contribution in [1.29, 1.82) is 0 Å². The maximum Gasteiger partial charge on any atom is 0.216 e. The molecule has 0 saturated carbocycles. The molecule has 2 N–H and O–H groups in total. The van der Waals surface area contributed by atoms with Crippen LogP contribution in [-0.4, -0.2) is 30.6 Å². The first-order valence-electron chi connectivity index (χ1n) is 10.8. The minimum atomic E-state index is -0.00844. The van der Waals surface area contributed by atoms with Crippen molar-refractivity contribution in [2.24, 2.45) is 0 Å². The van der Waals surface area contributed by atoms with Gasteiger partial charge in [0.1, 0.15) is 10.8 Å². The Hall–Kier alpha value is -2.41. The monoisotopic (exact) mass is 471 g/mol. The molecule has 0 spiro atoms. The molecule has 1 aliphatic rings. The van der Waals surface area contributed by atoms with Crippen molar-refractivity contribution in [2.45, 2.75) is 40.2 Å². The topological polar surface area (TPSA) is 63.2 Å². The summed E-state index contributed by atoms with van der Waals surface area (Å²) in [4.78, 5) is 17.3. The number of halogens is 1. The molecular formula is C25H30ClN3O2S. The number of hydrogen-bond donors (Lipinski definition) is 2. The van der Waals surface area contributed by atoms with Crippen molar-refractivity contribution in [2.75, 3.05) is 19.7 Å². The van der Waals surface area contributed by atoms with E-state index in [0.29, 0.717) is 13.2 Å². The van der Waals surface area contributed by atoms with Crippen molar-refractivity contribution < 1.29 is 9.53 Å². The van der Waals surface area contributed by atoms with Gasteiger partial charge in [-0.2, -0.15) is 0 Å². The summed E-state index contributed by atoms with van der Waals surface area (Å²) in [7, 11) is 0. The molecule has 0 bridgehead atoms. The lowest BCUT2D eigenvalue weighted by Gasteiger charge is -2.16. The summed E-state index contributed by atoms with van der Waals surface area (Å²) in [6, 6.07) is 12.7. The van der Waals surface area contributed by atoms with Crippen LogP contribution in [0.25, 0.3) is 21.7 Å². The molecule has 32 heavy (non-hydrogen) atoms. The highest BCUT2D eigenvalue weighted by atomic mass is 35.5. The molecule has 1 aromatic heterocycles. The van der Waals surface area contributed by atoms with E-state index >= 15 is 0 Å². The second-order valence-electron chi connectivity index (χ2n) is 7.91. The number of nitrogens with one attached hydrogen (secondary N) is 2. The van der Waals surface area contributed by atoms with Crippen molar-refractivity contribution in [3.05, 3.63) is 58.1 Å². The summed E-state index contributed by atoms with van der Waals surface area (Å²) in [6.07, 6.45) is 1.78. The van der Waals surface area contributed by atoms with Gasteiger partial charge in [0.05, 0.1) is 12.3 Å². The summed E-state index contributed by atoms with van der Waals surface area (Å²) >= 11 is 1.80. The van der Waals surface area contributed by atoms with Crippen LogP contribution >= 0.6 is 23.7 Å². The van der Waals surface area contributed by atoms with E-state index in [1.54, 1.807) is 11.3 Å². The molecule has 0 unspecified atom stereocenters. The molecule has 0 fully saturated rings. The van der Waals surface area contributed by atoms with Gasteiger partial charge >= 0.3 is 0 Å². The Bertz CT molecular complexity index is 1070. The third kappa shape index (κ3) is 5.31. The minimum absolute atomic E-state index is 0. The Kier molecular flexibility index (Phi) is 8.29. The zero-order valence-electron chi connectivity index (χ0n) is 18.8. The zero-order valence-corrected chi connectivity index (χ0v) is 20.4. The van der Waals surface area contributed by atoms with Gasteiger partial charge in [-0.25, -0.2) is 4.98 Å². The molecule has 2 aromatic carbocycles. The van der Waals surface area contributed by atoms with Gasteiger partial charge in [-0.3, -0.25) is 4.79 Å². The van der Waals surface area contributed by atoms with E-state index in [0.717, 1.165) is 42.3 Å². The average molecular weight is 472 g/mol. The fraction of sp³-hybridized carbons (Fsp3) is 0.360. The normalized spacial score (nSPS) is 12.6. The highest BCUT2D eigenvalue weighted by molar-refractivity contribution is 7.15. The number of carbonyl (C=O) groups is 1. The number of aromatic nitrogens is 1. The summed E-state index contributed by atoms with van der Waals surface area (Å²) in [5.74, 6) is 0.881.